The zero-order chi connectivity index (χ0) is 24.3. The second-order valence-electron chi connectivity index (χ2n) is 7.81. The predicted octanol–water partition coefficient (Wildman–Crippen LogP) is -2.34. The average Bonchev–Trinajstić information content (AvgIpc) is 3.14. The number of carbonyl (C=O) groups is 4. The molecule has 2 aliphatic heterocycles. The van der Waals surface area contributed by atoms with Gasteiger partial charge in [0, 0.05) is 45.2 Å². The Hall–Kier alpha value is -1.82. The summed E-state index contributed by atoms with van der Waals surface area (Å²) in [5.74, 6) is 0.111. The van der Waals surface area contributed by atoms with Crippen LogP contribution < -0.4 is 84.2 Å². The van der Waals surface area contributed by atoms with E-state index in [4.69, 9.17) is 19.5 Å². The van der Waals surface area contributed by atoms with E-state index in [1.54, 1.807) is 0 Å². The number of piperazine rings is 1. The Morgan fingerprint density at radius 2 is 1.91 bits per heavy atom. The molecule has 1 aromatic heterocycles. The van der Waals surface area contributed by atoms with Crippen molar-refractivity contribution in [3.8, 4) is 0 Å². The number of carbonyl (C=O) groups excluding carboxylic acids is 2. The maximum atomic E-state index is 12.2. The number of benzene rings is 1. The van der Waals surface area contributed by atoms with Gasteiger partial charge in [0.1, 0.15) is 0 Å². The molecule has 1 atom stereocenters. The topological polar surface area (TPSA) is 180 Å². The van der Waals surface area contributed by atoms with Gasteiger partial charge < -0.3 is 29.5 Å². The standard InChI is InChI=1S/C19H23N5O5.CH2O3.Cs/c1-11-9-22(7-8-23(11)19(27)28)10-13-3-4-14-16(12(13)2)17(21-29-14)24-6-5-15(25)20-18(24)26;2-1(3)4;/h3-4,11H,5-10H2,1-2H3,(H,27,28)(H,20,25,26);(H2,2,3,4);/q;;+1/p-1/t11-;;/m0../s1. The summed E-state index contributed by atoms with van der Waals surface area (Å²) < 4.78 is 5.42. The number of aryl methyl sites for hydroxylation is 1. The summed E-state index contributed by atoms with van der Waals surface area (Å²) in [4.78, 5) is 48.5. The molecule has 178 valence electrons. The molecule has 4 amide bonds. The summed E-state index contributed by atoms with van der Waals surface area (Å²) in [6.45, 7) is 6.56. The summed E-state index contributed by atoms with van der Waals surface area (Å²) in [5.41, 5.74) is 2.60. The Kier molecular flexibility index (Phi) is 10.2. The van der Waals surface area contributed by atoms with Crippen molar-refractivity contribution in [1.29, 1.82) is 0 Å². The number of imide groups is 1. The first-order chi connectivity index (χ1) is 15.6. The third kappa shape index (κ3) is 6.65. The largest absolute Gasteiger partial charge is 1.00 e. The van der Waals surface area contributed by atoms with Gasteiger partial charge in [-0.25, -0.2) is 9.59 Å². The van der Waals surface area contributed by atoms with E-state index in [0.29, 0.717) is 37.6 Å². The molecule has 2 fully saturated rings. The van der Waals surface area contributed by atoms with Gasteiger partial charge in [-0.15, -0.1) is 0 Å². The van der Waals surface area contributed by atoms with Gasteiger partial charge in [0.25, 0.3) is 0 Å². The predicted molar refractivity (Wildman–Crippen MR) is 112 cm³/mol. The van der Waals surface area contributed by atoms with E-state index in [-0.39, 0.29) is 93.8 Å². The number of carboxylic acid groups (broad SMARTS) is 3. The SMILES string of the molecule is Cc1c(CN2CCN(C(=O)O)[C@@H](C)C2)ccc2onc(N3CCC(=O)NC3=O)c12.O=C([O-])O.[Cs+]. The van der Waals surface area contributed by atoms with Crippen LogP contribution in [0.4, 0.5) is 20.2 Å². The van der Waals surface area contributed by atoms with Crippen LogP contribution in [0.1, 0.15) is 24.5 Å². The molecule has 14 heteroatoms. The fraction of sp³-hybridized carbons (Fsp3) is 0.450. The van der Waals surface area contributed by atoms with Crippen LogP contribution in [-0.4, -0.2) is 81.6 Å². The average molecular weight is 595 g/mol. The summed E-state index contributed by atoms with van der Waals surface area (Å²) in [5, 5.41) is 31.7. The molecule has 0 aliphatic carbocycles. The van der Waals surface area contributed by atoms with Gasteiger partial charge in [0.2, 0.25) is 12.1 Å². The number of hydrogen-bond acceptors (Lipinski definition) is 8. The van der Waals surface area contributed by atoms with Gasteiger partial charge in [-0.3, -0.25) is 19.9 Å². The van der Waals surface area contributed by atoms with Crippen molar-refractivity contribution in [2.75, 3.05) is 31.1 Å². The third-order valence-electron chi connectivity index (χ3n) is 5.65. The number of urea groups is 1. The van der Waals surface area contributed by atoms with Crippen molar-refractivity contribution in [3.63, 3.8) is 0 Å². The number of hydrogen-bond donors (Lipinski definition) is 3. The van der Waals surface area contributed by atoms with E-state index in [0.717, 1.165) is 16.5 Å². The number of nitrogens with one attached hydrogen (secondary N) is 1. The van der Waals surface area contributed by atoms with Crippen molar-refractivity contribution < 1.29 is 108 Å². The van der Waals surface area contributed by atoms with Gasteiger partial charge in [-0.05, 0) is 31.0 Å². The number of fused-ring (bicyclic) bond motifs is 1. The van der Waals surface area contributed by atoms with Gasteiger partial charge >= 0.3 is 81.0 Å². The normalized spacial score (nSPS) is 18.6. The Morgan fingerprint density at radius 1 is 1.24 bits per heavy atom. The first kappa shape index (κ1) is 28.4. The molecular formula is C20H24CsN5O8. The Bertz CT molecular complexity index is 1090. The molecule has 2 saturated heterocycles. The minimum Gasteiger partial charge on any atom is -0.565 e. The molecule has 0 unspecified atom stereocenters. The molecule has 1 aromatic carbocycles. The summed E-state index contributed by atoms with van der Waals surface area (Å²) >= 11 is 0. The Morgan fingerprint density at radius 3 is 2.50 bits per heavy atom. The van der Waals surface area contributed by atoms with Crippen molar-refractivity contribution >= 4 is 41.0 Å². The van der Waals surface area contributed by atoms with Gasteiger partial charge in [-0.1, -0.05) is 11.2 Å². The third-order valence-corrected chi connectivity index (χ3v) is 5.65. The van der Waals surface area contributed by atoms with Crippen molar-refractivity contribution in [1.82, 2.24) is 20.3 Å². The van der Waals surface area contributed by atoms with Crippen LogP contribution in [0.2, 0.25) is 0 Å². The number of aromatic nitrogens is 1. The van der Waals surface area contributed by atoms with E-state index in [9.17, 15) is 19.5 Å². The quantitative estimate of drug-likeness (QED) is 0.348. The van der Waals surface area contributed by atoms with Crippen molar-refractivity contribution in [3.05, 3.63) is 23.3 Å². The monoisotopic (exact) mass is 595 g/mol. The molecule has 2 aromatic rings. The minimum atomic E-state index is -2.08. The van der Waals surface area contributed by atoms with Crippen LogP contribution >= 0.6 is 0 Å². The van der Waals surface area contributed by atoms with Crippen LogP contribution in [0, 0.1) is 6.92 Å². The molecular weight excluding hydrogens is 571 g/mol. The zero-order valence-corrected chi connectivity index (χ0v) is 25.4. The van der Waals surface area contributed by atoms with Crippen LogP contribution in [0.15, 0.2) is 16.7 Å². The van der Waals surface area contributed by atoms with E-state index < -0.39 is 18.3 Å². The molecule has 3 heterocycles. The molecule has 4 rings (SSSR count). The second-order valence-corrected chi connectivity index (χ2v) is 7.81. The van der Waals surface area contributed by atoms with E-state index >= 15 is 0 Å². The van der Waals surface area contributed by atoms with E-state index in [1.807, 2.05) is 26.0 Å². The van der Waals surface area contributed by atoms with E-state index in [2.05, 4.69) is 15.4 Å². The summed E-state index contributed by atoms with van der Waals surface area (Å²) in [6.07, 6.45) is -2.76. The van der Waals surface area contributed by atoms with Crippen molar-refractivity contribution in [2.24, 2.45) is 0 Å². The molecule has 0 saturated carbocycles. The smallest absolute Gasteiger partial charge is 0.565 e. The summed E-state index contributed by atoms with van der Waals surface area (Å²) in [6, 6.07) is 3.23. The molecule has 3 N–H and O–H groups in total. The van der Waals surface area contributed by atoms with Crippen LogP contribution in [-0.2, 0) is 11.3 Å². The number of anilines is 1. The summed E-state index contributed by atoms with van der Waals surface area (Å²) in [7, 11) is 0. The number of nitrogens with zero attached hydrogens (tertiary/aromatic N) is 4. The van der Waals surface area contributed by atoms with Gasteiger partial charge in [0.15, 0.2) is 11.4 Å². The first-order valence-electron chi connectivity index (χ1n) is 10.2. The Labute approximate surface area is 253 Å². The van der Waals surface area contributed by atoms with Crippen LogP contribution in [0.25, 0.3) is 11.0 Å². The van der Waals surface area contributed by atoms with Crippen molar-refractivity contribution in [2.45, 2.75) is 32.9 Å². The van der Waals surface area contributed by atoms with Gasteiger partial charge in [-0.2, -0.15) is 0 Å². The van der Waals surface area contributed by atoms with Crippen LogP contribution in [0.5, 0.6) is 0 Å². The first-order valence-corrected chi connectivity index (χ1v) is 10.2. The maximum Gasteiger partial charge on any atom is 1.00 e. The molecule has 0 radical (unpaired) electrons. The molecule has 0 spiro atoms. The molecule has 34 heavy (non-hydrogen) atoms. The van der Waals surface area contributed by atoms with Crippen LogP contribution in [0.3, 0.4) is 0 Å². The second kappa shape index (κ2) is 12.2. The minimum absolute atomic E-state index is 0. The maximum absolute atomic E-state index is 12.2. The molecule has 0 bridgehead atoms. The zero-order valence-electron chi connectivity index (χ0n) is 19.1. The number of rotatable bonds is 3. The van der Waals surface area contributed by atoms with Gasteiger partial charge in [0.05, 0.1) is 5.39 Å². The number of amides is 4. The molecule has 13 nitrogen and oxygen atoms in total. The van der Waals surface area contributed by atoms with E-state index in [1.165, 1.54) is 9.80 Å². The fourth-order valence-corrected chi connectivity index (χ4v) is 4.05. The fourth-order valence-electron chi connectivity index (χ4n) is 4.05. The molecule has 2 aliphatic rings. The Balaban J connectivity index is 0.000000758.